The number of carbonyl (C=O) groups is 2. The lowest BCUT2D eigenvalue weighted by Crippen LogP contribution is -2.38. The van der Waals surface area contributed by atoms with Gasteiger partial charge in [-0.05, 0) is 54.1 Å². The Morgan fingerprint density at radius 3 is 2.57 bits per heavy atom. The van der Waals surface area contributed by atoms with E-state index in [1.54, 1.807) is 61.7 Å². The molecule has 3 aromatic rings. The number of nitrogens with one attached hydrogen (secondary N) is 1. The van der Waals surface area contributed by atoms with Gasteiger partial charge in [-0.25, -0.2) is 8.42 Å². The fourth-order valence-corrected chi connectivity index (χ4v) is 6.10. The van der Waals surface area contributed by atoms with Crippen LogP contribution in [0.15, 0.2) is 71.6 Å². The molecule has 0 aliphatic carbocycles. The van der Waals surface area contributed by atoms with Gasteiger partial charge in [0.05, 0.1) is 22.9 Å². The zero-order valence-corrected chi connectivity index (χ0v) is 19.6. The summed E-state index contributed by atoms with van der Waals surface area (Å²) in [5.41, 5.74) is 1.12. The number of sulfone groups is 1. The molecule has 0 aromatic heterocycles. The molecule has 9 nitrogen and oxygen atoms in total. The Balaban J connectivity index is 1.46. The van der Waals surface area contributed by atoms with E-state index in [0.29, 0.717) is 28.5 Å². The quantitative estimate of drug-likeness (QED) is 0.579. The lowest BCUT2D eigenvalue weighted by molar-refractivity contribution is -0.121. The minimum atomic E-state index is -3.96. The van der Waals surface area contributed by atoms with E-state index in [4.69, 9.17) is 14.2 Å². The van der Waals surface area contributed by atoms with Gasteiger partial charge in [0.1, 0.15) is 12.3 Å². The van der Waals surface area contributed by atoms with Gasteiger partial charge < -0.3 is 24.4 Å². The zero-order valence-electron chi connectivity index (χ0n) is 18.8. The number of para-hydroxylation sites is 1. The van der Waals surface area contributed by atoms with Crippen LogP contribution in [-0.4, -0.2) is 40.7 Å². The molecule has 2 aliphatic rings. The lowest BCUT2D eigenvalue weighted by Gasteiger charge is -2.22. The molecule has 0 radical (unpaired) electrons. The molecule has 2 aliphatic heterocycles. The smallest absolute Gasteiger partial charge is 0.244 e. The molecule has 0 saturated carbocycles. The Kier molecular flexibility index (Phi) is 5.81. The SMILES string of the molecule is COc1ccc(NC(=O)CN2C(=O)CC(c3ccc4c(c3)OCO4)S(=O)(=O)c3ccccc32)cc1. The van der Waals surface area contributed by atoms with Crippen LogP contribution in [-0.2, 0) is 19.4 Å². The molecule has 1 unspecified atom stereocenters. The average Bonchev–Trinajstić information content (AvgIpc) is 3.31. The first-order valence-electron chi connectivity index (χ1n) is 10.8. The topological polar surface area (TPSA) is 111 Å². The number of hydrogen-bond acceptors (Lipinski definition) is 7. The fourth-order valence-electron chi connectivity index (χ4n) is 4.19. The molecule has 0 fully saturated rings. The summed E-state index contributed by atoms with van der Waals surface area (Å²) < 4.78 is 43.2. The molecule has 5 rings (SSSR count). The third-order valence-corrected chi connectivity index (χ3v) is 8.09. The first kappa shape index (κ1) is 22.7. The summed E-state index contributed by atoms with van der Waals surface area (Å²) in [5, 5.41) is 1.60. The van der Waals surface area contributed by atoms with Crippen LogP contribution in [0.25, 0.3) is 0 Å². The second kappa shape index (κ2) is 8.95. The van der Waals surface area contributed by atoms with E-state index < -0.39 is 26.9 Å². The summed E-state index contributed by atoms with van der Waals surface area (Å²) in [5.74, 6) is 0.643. The molecule has 3 aromatic carbocycles. The summed E-state index contributed by atoms with van der Waals surface area (Å²) in [4.78, 5) is 27.4. The van der Waals surface area contributed by atoms with Crippen LogP contribution in [0.3, 0.4) is 0 Å². The highest BCUT2D eigenvalue weighted by Gasteiger charge is 2.40. The third kappa shape index (κ3) is 4.28. The van der Waals surface area contributed by atoms with E-state index >= 15 is 0 Å². The molecule has 2 heterocycles. The number of benzene rings is 3. The summed E-state index contributed by atoms with van der Waals surface area (Å²) in [6.07, 6.45) is -0.327. The van der Waals surface area contributed by atoms with Crippen LogP contribution < -0.4 is 24.4 Å². The third-order valence-electron chi connectivity index (χ3n) is 5.94. The molecule has 0 spiro atoms. The number of hydrogen-bond donors (Lipinski definition) is 1. The maximum Gasteiger partial charge on any atom is 0.244 e. The van der Waals surface area contributed by atoms with Crippen molar-refractivity contribution < 1.29 is 32.2 Å². The van der Waals surface area contributed by atoms with Crippen molar-refractivity contribution in [3.63, 3.8) is 0 Å². The van der Waals surface area contributed by atoms with Crippen molar-refractivity contribution in [2.24, 2.45) is 0 Å². The van der Waals surface area contributed by atoms with Crippen LogP contribution in [0.4, 0.5) is 11.4 Å². The summed E-state index contributed by atoms with van der Waals surface area (Å²) in [6.45, 7) is -0.291. The summed E-state index contributed by atoms with van der Waals surface area (Å²) in [6, 6.07) is 17.8. The van der Waals surface area contributed by atoms with Gasteiger partial charge in [0.15, 0.2) is 21.3 Å². The maximum absolute atomic E-state index is 13.7. The first-order chi connectivity index (χ1) is 16.9. The Morgan fingerprint density at radius 2 is 1.80 bits per heavy atom. The van der Waals surface area contributed by atoms with Gasteiger partial charge in [0.25, 0.3) is 0 Å². The van der Waals surface area contributed by atoms with Crippen LogP contribution >= 0.6 is 0 Å². The molecule has 180 valence electrons. The van der Waals surface area contributed by atoms with Gasteiger partial charge in [-0.2, -0.15) is 0 Å². The Labute approximate surface area is 202 Å². The number of amides is 2. The van der Waals surface area contributed by atoms with Crippen molar-refractivity contribution in [1.29, 1.82) is 0 Å². The number of methoxy groups -OCH3 is 1. The van der Waals surface area contributed by atoms with Gasteiger partial charge >= 0.3 is 0 Å². The van der Waals surface area contributed by atoms with Crippen LogP contribution in [0.5, 0.6) is 17.2 Å². The largest absolute Gasteiger partial charge is 0.497 e. The highest BCUT2D eigenvalue weighted by molar-refractivity contribution is 7.92. The number of carbonyl (C=O) groups excluding carboxylic acids is 2. The fraction of sp³-hybridized carbons (Fsp3) is 0.200. The molecular weight excluding hydrogens is 472 g/mol. The number of fused-ring (bicyclic) bond motifs is 2. The first-order valence-corrected chi connectivity index (χ1v) is 12.4. The Bertz CT molecular complexity index is 1400. The minimum Gasteiger partial charge on any atom is -0.497 e. The standard InChI is InChI=1S/C25H22N2O7S/c1-32-18-9-7-17(8-10-18)26-24(28)14-27-19-4-2-3-5-22(19)35(30,31)23(13-25(27)29)16-6-11-20-21(12-16)34-15-33-20/h2-12,23H,13-15H2,1H3,(H,26,28). The Morgan fingerprint density at radius 1 is 1.06 bits per heavy atom. The van der Waals surface area contributed by atoms with E-state index in [1.807, 2.05) is 0 Å². The molecule has 0 bridgehead atoms. The molecule has 2 amide bonds. The second-order valence-electron chi connectivity index (χ2n) is 8.07. The van der Waals surface area contributed by atoms with Crippen molar-refractivity contribution >= 4 is 33.0 Å². The van der Waals surface area contributed by atoms with Crippen LogP contribution in [0.2, 0.25) is 0 Å². The van der Waals surface area contributed by atoms with Crippen molar-refractivity contribution in [3.05, 3.63) is 72.3 Å². The van der Waals surface area contributed by atoms with Gasteiger partial charge in [-0.3, -0.25) is 9.59 Å². The normalized spacial score (nSPS) is 17.9. The number of rotatable bonds is 5. The number of ether oxygens (including phenoxy) is 3. The second-order valence-corrected chi connectivity index (χ2v) is 10.2. The highest BCUT2D eigenvalue weighted by Crippen LogP contribution is 2.43. The number of anilines is 2. The molecule has 1 atom stereocenters. The van der Waals surface area contributed by atoms with E-state index in [0.717, 1.165) is 0 Å². The van der Waals surface area contributed by atoms with E-state index in [2.05, 4.69) is 5.32 Å². The van der Waals surface area contributed by atoms with E-state index in [-0.39, 0.29) is 30.3 Å². The monoisotopic (exact) mass is 494 g/mol. The van der Waals surface area contributed by atoms with Crippen molar-refractivity contribution in [1.82, 2.24) is 0 Å². The Hall–Kier alpha value is -4.05. The molecular formula is C25H22N2O7S. The van der Waals surface area contributed by atoms with Gasteiger partial charge in [0, 0.05) is 12.1 Å². The predicted octanol–water partition coefficient (Wildman–Crippen LogP) is 3.31. The molecule has 0 saturated heterocycles. The van der Waals surface area contributed by atoms with Crippen molar-refractivity contribution in [2.75, 3.05) is 30.7 Å². The highest BCUT2D eigenvalue weighted by atomic mass is 32.2. The minimum absolute atomic E-state index is 0.00855. The molecule has 1 N–H and O–H groups in total. The van der Waals surface area contributed by atoms with Crippen molar-refractivity contribution in [3.8, 4) is 17.2 Å². The van der Waals surface area contributed by atoms with Crippen LogP contribution in [0, 0.1) is 0 Å². The van der Waals surface area contributed by atoms with Crippen molar-refractivity contribution in [2.45, 2.75) is 16.6 Å². The molecule has 35 heavy (non-hydrogen) atoms. The van der Waals surface area contributed by atoms with Gasteiger partial charge in [-0.15, -0.1) is 0 Å². The van der Waals surface area contributed by atoms with Gasteiger partial charge in [-0.1, -0.05) is 18.2 Å². The maximum atomic E-state index is 13.7. The van der Waals surface area contributed by atoms with E-state index in [9.17, 15) is 18.0 Å². The molecule has 10 heteroatoms. The van der Waals surface area contributed by atoms with Gasteiger partial charge in [0.2, 0.25) is 18.6 Å². The zero-order chi connectivity index (χ0) is 24.6. The lowest BCUT2D eigenvalue weighted by atomic mass is 10.1. The van der Waals surface area contributed by atoms with Crippen LogP contribution in [0.1, 0.15) is 17.2 Å². The summed E-state index contributed by atoms with van der Waals surface area (Å²) >= 11 is 0. The van der Waals surface area contributed by atoms with E-state index in [1.165, 1.54) is 17.0 Å². The number of nitrogens with zero attached hydrogens (tertiary/aromatic N) is 1. The average molecular weight is 495 g/mol. The predicted molar refractivity (Wildman–Crippen MR) is 128 cm³/mol. The summed E-state index contributed by atoms with van der Waals surface area (Å²) in [7, 11) is -2.42.